The molecule has 0 fully saturated rings. The van der Waals surface area contributed by atoms with Gasteiger partial charge in [0.1, 0.15) is 24.6 Å². The van der Waals surface area contributed by atoms with Crippen LogP contribution >= 0.6 is 0 Å². The second kappa shape index (κ2) is 6.18. The van der Waals surface area contributed by atoms with E-state index in [-0.39, 0.29) is 18.0 Å². The second-order valence-electron chi connectivity index (χ2n) is 4.87. The molecule has 0 N–H and O–H groups in total. The molecule has 3 heterocycles. The monoisotopic (exact) mass is 322 g/mol. The zero-order valence-electron chi connectivity index (χ0n) is 12.2. The zero-order valence-corrected chi connectivity index (χ0v) is 12.2. The molecular weight excluding hydrogens is 312 g/mol. The molecule has 118 valence electrons. The van der Waals surface area contributed by atoms with Crippen LogP contribution in [0.1, 0.15) is 21.6 Å². The lowest BCUT2D eigenvalue weighted by Crippen LogP contribution is -2.07. The van der Waals surface area contributed by atoms with Crippen molar-refractivity contribution in [3.8, 4) is 6.07 Å². The van der Waals surface area contributed by atoms with Crippen LogP contribution in [-0.2, 0) is 11.3 Å². The fraction of sp³-hybridized carbons (Fsp3) is 0.0625. The quantitative estimate of drug-likeness (QED) is 0.414. The first-order chi connectivity index (χ1) is 11.6. The highest BCUT2D eigenvalue weighted by Gasteiger charge is 2.15. The highest BCUT2D eigenvalue weighted by Crippen LogP contribution is 2.19. The maximum Gasteiger partial charge on any atom is 0.357 e. The highest BCUT2D eigenvalue weighted by molar-refractivity contribution is 5.87. The summed E-state index contributed by atoms with van der Waals surface area (Å²) in [5.41, 5.74) is 1.47. The molecule has 3 aromatic rings. The Morgan fingerprint density at radius 3 is 2.88 bits per heavy atom. The number of rotatable bonds is 4. The smallest absolute Gasteiger partial charge is 0.357 e. The van der Waals surface area contributed by atoms with Crippen LogP contribution in [0.2, 0.25) is 0 Å². The molecule has 24 heavy (non-hydrogen) atoms. The van der Waals surface area contributed by atoms with Crippen LogP contribution < -0.4 is 0 Å². The molecule has 0 saturated carbocycles. The topological polar surface area (TPSA) is 111 Å². The van der Waals surface area contributed by atoms with Crippen LogP contribution in [0.25, 0.3) is 5.52 Å². The molecule has 8 nitrogen and oxygen atoms in total. The van der Waals surface area contributed by atoms with Gasteiger partial charge in [0.05, 0.1) is 16.0 Å². The number of esters is 1. The van der Waals surface area contributed by atoms with Crippen molar-refractivity contribution >= 4 is 17.2 Å². The van der Waals surface area contributed by atoms with Crippen molar-refractivity contribution in [3.05, 3.63) is 75.9 Å². The third kappa shape index (κ3) is 2.78. The molecule has 3 rings (SSSR count). The summed E-state index contributed by atoms with van der Waals surface area (Å²) in [5, 5.41) is 19.9. The number of fused-ring (bicyclic) bond motifs is 1. The van der Waals surface area contributed by atoms with E-state index in [1.807, 2.05) is 12.1 Å². The highest BCUT2D eigenvalue weighted by atomic mass is 16.6. The Labute approximate surface area is 135 Å². The number of carbonyl (C=O) groups is 1. The molecule has 0 aliphatic carbocycles. The summed E-state index contributed by atoms with van der Waals surface area (Å²) in [4.78, 5) is 25.6. The lowest BCUT2D eigenvalue weighted by atomic mass is 10.2. The molecule has 0 aromatic carbocycles. The van der Waals surface area contributed by atoms with Crippen LogP contribution in [0.4, 0.5) is 5.69 Å². The number of hydrogen-bond donors (Lipinski definition) is 0. The second-order valence-corrected chi connectivity index (χ2v) is 4.87. The van der Waals surface area contributed by atoms with Gasteiger partial charge in [-0.2, -0.15) is 5.26 Å². The van der Waals surface area contributed by atoms with E-state index in [0.29, 0.717) is 11.1 Å². The number of nitriles is 1. The van der Waals surface area contributed by atoms with E-state index in [0.717, 1.165) is 11.7 Å². The van der Waals surface area contributed by atoms with Gasteiger partial charge in [-0.1, -0.05) is 6.07 Å². The van der Waals surface area contributed by atoms with Gasteiger partial charge in [-0.3, -0.25) is 10.1 Å². The predicted octanol–water partition coefficient (Wildman–Crippen LogP) is 2.47. The van der Waals surface area contributed by atoms with Gasteiger partial charge in [0.15, 0.2) is 0 Å². The number of carbonyl (C=O) groups excluding carboxylic acids is 1. The molecule has 0 saturated heterocycles. The van der Waals surface area contributed by atoms with Crippen LogP contribution in [0, 0.1) is 21.4 Å². The molecule has 0 spiro atoms. The first kappa shape index (κ1) is 15.2. The van der Waals surface area contributed by atoms with Gasteiger partial charge in [0, 0.05) is 24.0 Å². The van der Waals surface area contributed by atoms with E-state index in [9.17, 15) is 20.2 Å². The van der Waals surface area contributed by atoms with E-state index in [4.69, 9.17) is 4.74 Å². The summed E-state index contributed by atoms with van der Waals surface area (Å²) < 4.78 is 6.92. The Balaban J connectivity index is 1.77. The summed E-state index contributed by atoms with van der Waals surface area (Å²) >= 11 is 0. The van der Waals surface area contributed by atoms with Crippen molar-refractivity contribution < 1.29 is 14.5 Å². The Morgan fingerprint density at radius 2 is 2.21 bits per heavy atom. The first-order valence-corrected chi connectivity index (χ1v) is 6.86. The van der Waals surface area contributed by atoms with Gasteiger partial charge in [0.25, 0.3) is 5.69 Å². The summed E-state index contributed by atoms with van der Waals surface area (Å²) in [6, 6.07) is 9.93. The Bertz CT molecular complexity index is 970. The molecule has 0 amide bonds. The van der Waals surface area contributed by atoms with Crippen molar-refractivity contribution in [2.45, 2.75) is 6.61 Å². The van der Waals surface area contributed by atoms with Crippen LogP contribution in [-0.4, -0.2) is 20.3 Å². The van der Waals surface area contributed by atoms with E-state index < -0.39 is 10.9 Å². The fourth-order valence-corrected chi connectivity index (χ4v) is 2.25. The number of hydrogen-bond acceptors (Lipinski definition) is 6. The molecule has 0 bridgehead atoms. The fourth-order valence-electron chi connectivity index (χ4n) is 2.25. The van der Waals surface area contributed by atoms with Crippen LogP contribution in [0.15, 0.2) is 48.9 Å². The van der Waals surface area contributed by atoms with Crippen molar-refractivity contribution in [1.82, 2.24) is 9.38 Å². The Kier molecular flexibility index (Phi) is 3.91. The normalized spacial score (nSPS) is 10.3. The van der Waals surface area contributed by atoms with E-state index in [1.54, 1.807) is 22.9 Å². The van der Waals surface area contributed by atoms with Crippen molar-refractivity contribution in [2.24, 2.45) is 0 Å². The van der Waals surface area contributed by atoms with Gasteiger partial charge in [-0.25, -0.2) is 9.78 Å². The van der Waals surface area contributed by atoms with Crippen molar-refractivity contribution in [1.29, 1.82) is 5.26 Å². The average Bonchev–Trinajstić information content (AvgIpc) is 2.97. The van der Waals surface area contributed by atoms with Gasteiger partial charge >= 0.3 is 5.97 Å². The first-order valence-electron chi connectivity index (χ1n) is 6.86. The number of nitrogens with zero attached hydrogens (tertiary/aromatic N) is 4. The molecule has 8 heteroatoms. The summed E-state index contributed by atoms with van der Waals surface area (Å²) in [6.45, 7) is -0.0952. The summed E-state index contributed by atoms with van der Waals surface area (Å²) in [5.74, 6) is -0.718. The van der Waals surface area contributed by atoms with Crippen LogP contribution in [0.3, 0.4) is 0 Å². The lowest BCUT2D eigenvalue weighted by molar-refractivity contribution is -0.385. The molecule has 0 aliphatic rings. The molecule has 3 aromatic heterocycles. The Hall–Kier alpha value is -3.73. The minimum absolute atomic E-state index is 0.0390. The molecule has 0 atom stereocenters. The van der Waals surface area contributed by atoms with Gasteiger partial charge in [-0.05, 0) is 18.2 Å². The maximum atomic E-state index is 12.0. The molecule has 0 aliphatic heterocycles. The standard InChI is InChI=1S/C16H10N4O4/c17-7-13-11(9-19-6-2-1-3-15(13)19)10-24-16(21)14-5-4-12(8-18-14)20(22)23/h1-6,8-9H,10H2. The average molecular weight is 322 g/mol. The van der Waals surface area contributed by atoms with E-state index in [1.165, 1.54) is 12.1 Å². The minimum Gasteiger partial charge on any atom is -0.456 e. The summed E-state index contributed by atoms with van der Waals surface area (Å²) in [6.07, 6.45) is 4.49. The van der Waals surface area contributed by atoms with Gasteiger partial charge in [0.2, 0.25) is 0 Å². The third-order valence-electron chi connectivity index (χ3n) is 3.40. The zero-order chi connectivity index (χ0) is 17.1. The number of pyridine rings is 2. The summed E-state index contributed by atoms with van der Waals surface area (Å²) in [7, 11) is 0. The van der Waals surface area contributed by atoms with E-state index in [2.05, 4.69) is 11.1 Å². The number of ether oxygens (including phenoxy) is 1. The largest absolute Gasteiger partial charge is 0.456 e. The van der Waals surface area contributed by atoms with E-state index >= 15 is 0 Å². The SMILES string of the molecule is N#Cc1c(COC(=O)c2ccc([N+](=O)[O-])cn2)cn2ccccc12. The number of nitro groups is 1. The lowest BCUT2D eigenvalue weighted by Gasteiger charge is -2.03. The molecule has 0 radical (unpaired) electrons. The van der Waals surface area contributed by atoms with Crippen molar-refractivity contribution in [2.75, 3.05) is 0 Å². The maximum absolute atomic E-state index is 12.0. The van der Waals surface area contributed by atoms with Gasteiger partial charge < -0.3 is 9.14 Å². The van der Waals surface area contributed by atoms with Gasteiger partial charge in [-0.15, -0.1) is 0 Å². The molecule has 0 unspecified atom stereocenters. The van der Waals surface area contributed by atoms with Crippen LogP contribution in [0.5, 0.6) is 0 Å². The number of aromatic nitrogens is 2. The minimum atomic E-state index is -0.718. The van der Waals surface area contributed by atoms with Crippen molar-refractivity contribution in [3.63, 3.8) is 0 Å². The third-order valence-corrected chi connectivity index (χ3v) is 3.40. The molecular formula is C16H10N4O4. The predicted molar refractivity (Wildman–Crippen MR) is 82.1 cm³/mol. The Morgan fingerprint density at radius 1 is 1.38 bits per heavy atom.